The van der Waals surface area contributed by atoms with Crippen LogP contribution in [0.5, 0.6) is 0 Å². The molecule has 20 heavy (non-hydrogen) atoms. The third-order valence-electron chi connectivity index (χ3n) is 2.54. The number of sulfonamides is 1. The molecule has 0 aliphatic carbocycles. The molecule has 2 N–H and O–H groups in total. The summed E-state index contributed by atoms with van der Waals surface area (Å²) in [4.78, 5) is 11.6. The van der Waals surface area contributed by atoms with Gasteiger partial charge in [-0.15, -0.1) is 0 Å². The van der Waals surface area contributed by atoms with Crippen molar-refractivity contribution in [1.29, 1.82) is 0 Å². The monoisotopic (exact) mass is 306 g/mol. The maximum absolute atomic E-state index is 13.0. The van der Waals surface area contributed by atoms with Crippen molar-refractivity contribution >= 4 is 15.9 Å². The summed E-state index contributed by atoms with van der Waals surface area (Å²) in [5.41, 5.74) is 0.424. The van der Waals surface area contributed by atoms with Gasteiger partial charge in [-0.25, -0.2) is 21.9 Å². The number of amides is 1. The Hall–Kier alpha value is -1.54. The quantitative estimate of drug-likeness (QED) is 0.826. The molecule has 0 fully saturated rings. The number of carbonyl (C=O) groups is 1. The van der Waals surface area contributed by atoms with Gasteiger partial charge in [-0.3, -0.25) is 4.79 Å². The third-order valence-corrected chi connectivity index (χ3v) is 3.27. The van der Waals surface area contributed by atoms with Crippen LogP contribution in [0.3, 0.4) is 0 Å². The maximum atomic E-state index is 13.0. The van der Waals surface area contributed by atoms with Gasteiger partial charge in [-0.05, 0) is 24.6 Å². The minimum absolute atomic E-state index is 0.0187. The molecular weight excluding hydrogens is 290 g/mol. The maximum Gasteiger partial charge on any atom is 0.221 e. The summed E-state index contributed by atoms with van der Waals surface area (Å²) in [7, 11) is -3.33. The van der Waals surface area contributed by atoms with Gasteiger partial charge >= 0.3 is 0 Å². The van der Waals surface area contributed by atoms with Gasteiger partial charge in [0.25, 0.3) is 0 Å². The summed E-state index contributed by atoms with van der Waals surface area (Å²) in [6.45, 7) is 1.60. The Bertz CT molecular complexity index is 590. The van der Waals surface area contributed by atoms with E-state index < -0.39 is 33.6 Å². The van der Waals surface area contributed by atoms with Crippen molar-refractivity contribution in [2.24, 2.45) is 0 Å². The Morgan fingerprint density at radius 2 is 1.95 bits per heavy atom. The average Bonchev–Trinajstić information content (AvgIpc) is 2.30. The lowest BCUT2D eigenvalue weighted by Crippen LogP contribution is -2.31. The highest BCUT2D eigenvalue weighted by Crippen LogP contribution is 2.15. The van der Waals surface area contributed by atoms with Crippen molar-refractivity contribution in [3.8, 4) is 0 Å². The van der Waals surface area contributed by atoms with Crippen LogP contribution in [0.1, 0.15) is 24.9 Å². The molecule has 1 atom stereocenters. The van der Waals surface area contributed by atoms with Gasteiger partial charge in [0.15, 0.2) is 11.6 Å². The van der Waals surface area contributed by atoms with Crippen LogP contribution >= 0.6 is 0 Å². The van der Waals surface area contributed by atoms with Crippen LogP contribution in [0.2, 0.25) is 0 Å². The fourth-order valence-electron chi connectivity index (χ4n) is 1.53. The van der Waals surface area contributed by atoms with Gasteiger partial charge in [0.2, 0.25) is 15.9 Å². The van der Waals surface area contributed by atoms with Gasteiger partial charge in [0, 0.05) is 13.0 Å². The molecular formula is C12H16F2N2O3S. The van der Waals surface area contributed by atoms with Crippen LogP contribution in [0.15, 0.2) is 18.2 Å². The van der Waals surface area contributed by atoms with Crippen LogP contribution in [-0.4, -0.2) is 27.1 Å². The standard InChI is InChI=1S/C12H16F2N2O3S/c1-8(9-3-4-10(13)11(14)7-9)16-12(17)5-6-15-20(2,18)19/h3-4,7-8,15H,5-6H2,1-2H3,(H,16,17)/t8-/m1/s1. The Labute approximate surface area is 116 Å². The first-order valence-corrected chi connectivity index (χ1v) is 7.77. The molecule has 0 saturated heterocycles. The molecule has 0 aliphatic rings. The number of hydrogen-bond donors (Lipinski definition) is 2. The predicted octanol–water partition coefficient (Wildman–Crippen LogP) is 1.08. The van der Waals surface area contributed by atoms with E-state index in [0.717, 1.165) is 18.4 Å². The second-order valence-electron chi connectivity index (χ2n) is 4.38. The SMILES string of the molecule is C[C@@H](NC(=O)CCNS(C)(=O)=O)c1ccc(F)c(F)c1. The summed E-state index contributed by atoms with van der Waals surface area (Å²) < 4.78 is 49.6. The average molecular weight is 306 g/mol. The zero-order chi connectivity index (χ0) is 15.3. The van der Waals surface area contributed by atoms with Crippen molar-refractivity contribution in [2.45, 2.75) is 19.4 Å². The van der Waals surface area contributed by atoms with Crippen molar-refractivity contribution in [2.75, 3.05) is 12.8 Å². The summed E-state index contributed by atoms with van der Waals surface area (Å²) in [6.07, 6.45) is 0.954. The number of hydrogen-bond acceptors (Lipinski definition) is 3. The molecule has 112 valence electrons. The van der Waals surface area contributed by atoms with E-state index in [1.54, 1.807) is 6.92 Å². The molecule has 0 radical (unpaired) electrons. The number of halogens is 2. The lowest BCUT2D eigenvalue weighted by molar-refractivity contribution is -0.121. The Balaban J connectivity index is 2.51. The molecule has 0 aromatic heterocycles. The predicted molar refractivity (Wildman–Crippen MR) is 70.4 cm³/mol. The van der Waals surface area contributed by atoms with Crippen LogP contribution in [-0.2, 0) is 14.8 Å². The molecule has 1 amide bonds. The highest BCUT2D eigenvalue weighted by molar-refractivity contribution is 7.88. The van der Waals surface area contributed by atoms with Gasteiger partial charge in [-0.2, -0.15) is 0 Å². The number of nitrogens with one attached hydrogen (secondary N) is 2. The Morgan fingerprint density at radius 3 is 2.50 bits per heavy atom. The first-order valence-electron chi connectivity index (χ1n) is 5.88. The Morgan fingerprint density at radius 1 is 1.30 bits per heavy atom. The van der Waals surface area contributed by atoms with E-state index in [2.05, 4.69) is 10.0 Å². The van der Waals surface area contributed by atoms with E-state index in [4.69, 9.17) is 0 Å². The molecule has 8 heteroatoms. The molecule has 1 aromatic rings. The first-order chi connectivity index (χ1) is 9.19. The number of rotatable bonds is 6. The molecule has 0 saturated carbocycles. The molecule has 0 unspecified atom stereocenters. The molecule has 0 aliphatic heterocycles. The van der Waals surface area contributed by atoms with Gasteiger partial charge in [0.1, 0.15) is 0 Å². The second kappa shape index (κ2) is 6.76. The molecule has 0 spiro atoms. The largest absolute Gasteiger partial charge is 0.350 e. The lowest BCUT2D eigenvalue weighted by Gasteiger charge is -2.14. The van der Waals surface area contributed by atoms with E-state index in [1.165, 1.54) is 6.07 Å². The summed E-state index contributed by atoms with van der Waals surface area (Å²) in [5, 5.41) is 2.57. The minimum Gasteiger partial charge on any atom is -0.350 e. The smallest absolute Gasteiger partial charge is 0.221 e. The third kappa shape index (κ3) is 5.62. The van der Waals surface area contributed by atoms with Crippen LogP contribution in [0, 0.1) is 11.6 Å². The fourth-order valence-corrected chi connectivity index (χ4v) is 2.00. The highest BCUT2D eigenvalue weighted by atomic mass is 32.2. The summed E-state index contributed by atoms with van der Waals surface area (Å²) in [5.74, 6) is -2.33. The molecule has 0 bridgehead atoms. The second-order valence-corrected chi connectivity index (χ2v) is 6.21. The summed E-state index contributed by atoms with van der Waals surface area (Å²) in [6, 6.07) is 2.86. The van der Waals surface area contributed by atoms with Gasteiger partial charge < -0.3 is 5.32 Å². The highest BCUT2D eigenvalue weighted by Gasteiger charge is 2.12. The van der Waals surface area contributed by atoms with Crippen molar-refractivity contribution < 1.29 is 22.0 Å². The minimum atomic E-state index is -3.33. The van der Waals surface area contributed by atoms with E-state index in [-0.39, 0.29) is 13.0 Å². The zero-order valence-electron chi connectivity index (χ0n) is 11.1. The van der Waals surface area contributed by atoms with E-state index in [1.807, 2.05) is 0 Å². The van der Waals surface area contributed by atoms with E-state index >= 15 is 0 Å². The number of carbonyl (C=O) groups excluding carboxylic acids is 1. The van der Waals surface area contributed by atoms with Gasteiger partial charge in [-0.1, -0.05) is 6.07 Å². The molecule has 5 nitrogen and oxygen atoms in total. The zero-order valence-corrected chi connectivity index (χ0v) is 11.9. The molecule has 1 rings (SSSR count). The topological polar surface area (TPSA) is 75.3 Å². The Kier molecular flexibility index (Phi) is 5.58. The van der Waals surface area contributed by atoms with Crippen LogP contribution in [0.25, 0.3) is 0 Å². The van der Waals surface area contributed by atoms with Crippen molar-refractivity contribution in [3.05, 3.63) is 35.4 Å². The first kappa shape index (κ1) is 16.5. The van der Waals surface area contributed by atoms with Gasteiger partial charge in [0.05, 0.1) is 12.3 Å². The molecule has 0 heterocycles. The lowest BCUT2D eigenvalue weighted by atomic mass is 10.1. The van der Waals surface area contributed by atoms with Crippen molar-refractivity contribution in [1.82, 2.24) is 10.0 Å². The molecule has 1 aromatic carbocycles. The van der Waals surface area contributed by atoms with Crippen LogP contribution in [0.4, 0.5) is 8.78 Å². The van der Waals surface area contributed by atoms with E-state index in [0.29, 0.717) is 5.56 Å². The van der Waals surface area contributed by atoms with E-state index in [9.17, 15) is 22.0 Å². The number of benzene rings is 1. The van der Waals surface area contributed by atoms with Crippen LogP contribution < -0.4 is 10.0 Å². The normalized spacial score (nSPS) is 13.0. The fraction of sp³-hybridized carbons (Fsp3) is 0.417. The van der Waals surface area contributed by atoms with Crippen molar-refractivity contribution in [3.63, 3.8) is 0 Å². The summed E-state index contributed by atoms with van der Waals surface area (Å²) >= 11 is 0.